The zero-order chi connectivity index (χ0) is 7.40. The maximum absolute atomic E-state index is 4.13. The van der Waals surface area contributed by atoms with Gasteiger partial charge in [-0.1, -0.05) is 6.08 Å². The van der Waals surface area contributed by atoms with Gasteiger partial charge in [-0.05, 0) is 41.1 Å². The fourth-order valence-corrected chi connectivity index (χ4v) is 0.891. The van der Waals surface area contributed by atoms with Gasteiger partial charge in [-0.2, -0.15) is 0 Å². The Hall–Kier alpha value is -0.630. The van der Waals surface area contributed by atoms with Crippen molar-refractivity contribution in [3.05, 3.63) is 34.6 Å². The highest BCUT2D eigenvalue weighted by atomic mass is 79.9. The van der Waals surface area contributed by atoms with E-state index in [1.54, 1.807) is 6.20 Å². The monoisotopic (exact) mass is 197 g/mol. The van der Waals surface area contributed by atoms with Crippen LogP contribution in [0.2, 0.25) is 0 Å². The van der Waals surface area contributed by atoms with Gasteiger partial charge in [0.15, 0.2) is 0 Å². The number of halogens is 1. The summed E-state index contributed by atoms with van der Waals surface area (Å²) >= 11 is 3.31. The zero-order valence-electron chi connectivity index (χ0n) is 5.71. The number of pyridine rings is 1. The van der Waals surface area contributed by atoms with Crippen LogP contribution < -0.4 is 0 Å². The Labute approximate surface area is 68.9 Å². The normalized spacial score (nSPS) is 10.6. The molecule has 0 aromatic carbocycles. The molecule has 1 heterocycles. The third kappa shape index (κ3) is 1.95. The number of hydrogen-bond donors (Lipinski definition) is 0. The molecule has 1 nitrogen and oxygen atoms in total. The van der Waals surface area contributed by atoms with Crippen LogP contribution in [0.1, 0.15) is 12.6 Å². The van der Waals surface area contributed by atoms with Crippen LogP contribution >= 0.6 is 15.9 Å². The molecule has 10 heavy (non-hydrogen) atoms. The van der Waals surface area contributed by atoms with Gasteiger partial charge in [-0.3, -0.25) is 4.98 Å². The van der Waals surface area contributed by atoms with E-state index in [4.69, 9.17) is 0 Å². The number of nitrogens with zero attached hydrogens (tertiary/aromatic N) is 1. The minimum absolute atomic E-state index is 0.991. The van der Waals surface area contributed by atoms with Crippen molar-refractivity contribution in [2.45, 2.75) is 6.92 Å². The van der Waals surface area contributed by atoms with Crippen LogP contribution in [0.3, 0.4) is 0 Å². The van der Waals surface area contributed by atoms with Gasteiger partial charge in [0.2, 0.25) is 0 Å². The third-order valence-electron chi connectivity index (χ3n) is 1.09. The van der Waals surface area contributed by atoms with E-state index in [1.807, 2.05) is 31.2 Å². The lowest BCUT2D eigenvalue weighted by Crippen LogP contribution is -1.76. The second kappa shape index (κ2) is 3.52. The molecule has 0 radical (unpaired) electrons. The van der Waals surface area contributed by atoms with Crippen LogP contribution in [0.25, 0.3) is 6.08 Å². The molecule has 1 rings (SSSR count). The molecule has 0 aliphatic heterocycles. The van der Waals surface area contributed by atoms with Gasteiger partial charge in [-0.15, -0.1) is 0 Å². The summed E-state index contributed by atoms with van der Waals surface area (Å²) in [6.07, 6.45) is 5.72. The number of hydrogen-bond acceptors (Lipinski definition) is 1. The summed E-state index contributed by atoms with van der Waals surface area (Å²) in [5.41, 5.74) is 0.991. The quantitative estimate of drug-likeness (QED) is 0.675. The molecule has 0 saturated heterocycles. The van der Waals surface area contributed by atoms with Crippen molar-refractivity contribution < 1.29 is 0 Å². The first-order valence-electron chi connectivity index (χ1n) is 3.07. The van der Waals surface area contributed by atoms with Crippen LogP contribution in [0.5, 0.6) is 0 Å². The van der Waals surface area contributed by atoms with Crippen LogP contribution in [0.15, 0.2) is 28.9 Å². The predicted molar refractivity (Wildman–Crippen MR) is 46.6 cm³/mol. The smallest absolute Gasteiger partial charge is 0.0627 e. The summed E-state index contributed by atoms with van der Waals surface area (Å²) < 4.78 is 1.01. The van der Waals surface area contributed by atoms with Crippen LogP contribution in [0, 0.1) is 0 Å². The molecule has 0 N–H and O–H groups in total. The van der Waals surface area contributed by atoms with Crippen LogP contribution in [0.4, 0.5) is 0 Å². The Morgan fingerprint density at radius 3 is 2.80 bits per heavy atom. The van der Waals surface area contributed by atoms with E-state index >= 15 is 0 Å². The molecular weight excluding hydrogens is 190 g/mol. The van der Waals surface area contributed by atoms with Gasteiger partial charge >= 0.3 is 0 Å². The second-order valence-corrected chi connectivity index (χ2v) is 2.82. The molecule has 2 heteroatoms. The van der Waals surface area contributed by atoms with Crippen molar-refractivity contribution in [1.29, 1.82) is 0 Å². The Morgan fingerprint density at radius 2 is 2.30 bits per heavy atom. The largest absolute Gasteiger partial charge is 0.256 e. The number of rotatable bonds is 1. The van der Waals surface area contributed by atoms with Gasteiger partial charge < -0.3 is 0 Å². The van der Waals surface area contributed by atoms with E-state index in [2.05, 4.69) is 20.9 Å². The molecule has 0 saturated carbocycles. The zero-order valence-corrected chi connectivity index (χ0v) is 7.30. The van der Waals surface area contributed by atoms with Crippen LogP contribution in [-0.4, -0.2) is 4.98 Å². The molecule has 1 aromatic rings. The van der Waals surface area contributed by atoms with Crippen molar-refractivity contribution in [3.63, 3.8) is 0 Å². The predicted octanol–water partition coefficient (Wildman–Crippen LogP) is 2.88. The fraction of sp³-hybridized carbons (Fsp3) is 0.125. The maximum atomic E-state index is 4.13. The van der Waals surface area contributed by atoms with Crippen molar-refractivity contribution in [2.24, 2.45) is 0 Å². The first-order chi connectivity index (χ1) is 4.83. The standard InChI is InChI=1S/C8H8BrN/c1-2-3-8-5-4-7(9)6-10-8/h2-6H,1H3/b3-2+. The lowest BCUT2D eigenvalue weighted by molar-refractivity contribution is 1.28. The van der Waals surface area contributed by atoms with E-state index < -0.39 is 0 Å². The number of aromatic nitrogens is 1. The van der Waals surface area contributed by atoms with Crippen LogP contribution in [-0.2, 0) is 0 Å². The molecule has 0 aliphatic rings. The molecule has 0 aliphatic carbocycles. The van der Waals surface area contributed by atoms with Gasteiger partial charge in [-0.25, -0.2) is 0 Å². The van der Waals surface area contributed by atoms with E-state index in [9.17, 15) is 0 Å². The molecule has 1 aromatic heterocycles. The average molecular weight is 198 g/mol. The summed E-state index contributed by atoms with van der Waals surface area (Å²) in [7, 11) is 0. The summed E-state index contributed by atoms with van der Waals surface area (Å²) in [4.78, 5) is 4.13. The van der Waals surface area contributed by atoms with Crippen molar-refractivity contribution in [2.75, 3.05) is 0 Å². The van der Waals surface area contributed by atoms with E-state index in [1.165, 1.54) is 0 Å². The summed E-state index contributed by atoms with van der Waals surface area (Å²) in [6, 6.07) is 3.94. The van der Waals surface area contributed by atoms with Gasteiger partial charge in [0, 0.05) is 10.7 Å². The Balaban J connectivity index is 2.89. The van der Waals surface area contributed by atoms with Crippen molar-refractivity contribution >= 4 is 22.0 Å². The lowest BCUT2D eigenvalue weighted by Gasteiger charge is -1.90. The average Bonchev–Trinajstić information content (AvgIpc) is 1.95. The summed E-state index contributed by atoms with van der Waals surface area (Å²) in [5, 5.41) is 0. The minimum Gasteiger partial charge on any atom is -0.256 e. The molecule has 0 bridgehead atoms. The summed E-state index contributed by atoms with van der Waals surface area (Å²) in [5.74, 6) is 0. The Bertz CT molecular complexity index is 226. The van der Waals surface area contributed by atoms with Gasteiger partial charge in [0.05, 0.1) is 5.69 Å². The highest BCUT2D eigenvalue weighted by Gasteiger charge is 1.86. The SMILES string of the molecule is C/C=C/c1ccc(Br)cn1. The molecular formula is C8H8BrN. The topological polar surface area (TPSA) is 12.9 Å². The van der Waals surface area contributed by atoms with Crippen molar-refractivity contribution in [3.8, 4) is 0 Å². The molecule has 0 atom stereocenters. The molecule has 0 fully saturated rings. The van der Waals surface area contributed by atoms with Gasteiger partial charge in [0.25, 0.3) is 0 Å². The molecule has 0 unspecified atom stereocenters. The summed E-state index contributed by atoms with van der Waals surface area (Å²) in [6.45, 7) is 1.98. The molecule has 0 spiro atoms. The second-order valence-electron chi connectivity index (χ2n) is 1.90. The Morgan fingerprint density at radius 1 is 1.50 bits per heavy atom. The maximum Gasteiger partial charge on any atom is 0.0627 e. The van der Waals surface area contributed by atoms with E-state index in [0.29, 0.717) is 0 Å². The van der Waals surface area contributed by atoms with E-state index in [-0.39, 0.29) is 0 Å². The van der Waals surface area contributed by atoms with Crippen molar-refractivity contribution in [1.82, 2.24) is 4.98 Å². The number of allylic oxidation sites excluding steroid dienone is 1. The van der Waals surface area contributed by atoms with Gasteiger partial charge in [0.1, 0.15) is 0 Å². The highest BCUT2D eigenvalue weighted by Crippen LogP contribution is 2.07. The molecule has 0 amide bonds. The first kappa shape index (κ1) is 7.48. The van der Waals surface area contributed by atoms with E-state index in [0.717, 1.165) is 10.2 Å². The molecule has 52 valence electrons. The minimum atomic E-state index is 0.991. The highest BCUT2D eigenvalue weighted by molar-refractivity contribution is 9.10. The first-order valence-corrected chi connectivity index (χ1v) is 3.86. The Kier molecular flexibility index (Phi) is 2.63. The fourth-order valence-electron chi connectivity index (χ4n) is 0.657. The third-order valence-corrected chi connectivity index (χ3v) is 1.56. The lowest BCUT2D eigenvalue weighted by atomic mass is 10.3.